The number of rotatable bonds is 3. The molecule has 0 atom stereocenters. The van der Waals surface area contributed by atoms with E-state index in [0.29, 0.717) is 0 Å². The minimum absolute atomic E-state index is 0.0278. The largest absolute Gasteiger partial charge is 0.379 e. The average Bonchev–Trinajstić information content (AvgIpc) is 3.01. The first-order valence-electron chi connectivity index (χ1n) is 7.16. The number of aromatic nitrogens is 4. The van der Waals surface area contributed by atoms with Crippen LogP contribution in [-0.4, -0.2) is 19.9 Å². The van der Waals surface area contributed by atoms with Crippen molar-refractivity contribution >= 4 is 16.7 Å². The quantitative estimate of drug-likeness (QED) is 0.689. The summed E-state index contributed by atoms with van der Waals surface area (Å²) >= 11 is 0. The van der Waals surface area contributed by atoms with Gasteiger partial charge < -0.3 is 15.3 Å². The van der Waals surface area contributed by atoms with Crippen LogP contribution >= 0.6 is 0 Å². The summed E-state index contributed by atoms with van der Waals surface area (Å²) in [5.74, 6) is 1.95. The third-order valence-electron chi connectivity index (χ3n) is 3.43. The molecule has 0 aliphatic rings. The van der Waals surface area contributed by atoms with Crippen LogP contribution in [-0.2, 0) is 12.0 Å². The first kappa shape index (κ1) is 13.7. The van der Waals surface area contributed by atoms with Gasteiger partial charge in [-0.1, -0.05) is 20.8 Å². The monoisotopic (exact) mass is 283 g/mol. The minimum Gasteiger partial charge on any atom is -0.379 e. The molecule has 0 fully saturated rings. The summed E-state index contributed by atoms with van der Waals surface area (Å²) < 4.78 is 0. The van der Waals surface area contributed by atoms with Crippen LogP contribution in [0.3, 0.4) is 0 Å². The van der Waals surface area contributed by atoms with Crippen molar-refractivity contribution in [3.63, 3.8) is 0 Å². The molecule has 0 radical (unpaired) electrons. The summed E-state index contributed by atoms with van der Waals surface area (Å²) in [7, 11) is 0. The molecule has 0 aliphatic carbocycles. The van der Waals surface area contributed by atoms with Gasteiger partial charge in [0.05, 0.1) is 29.5 Å². The van der Waals surface area contributed by atoms with Crippen molar-refractivity contribution in [1.82, 2.24) is 19.9 Å². The number of anilines is 1. The van der Waals surface area contributed by atoms with Gasteiger partial charge in [-0.15, -0.1) is 0 Å². The van der Waals surface area contributed by atoms with E-state index in [-0.39, 0.29) is 5.41 Å². The molecule has 0 saturated carbocycles. The third kappa shape index (κ3) is 2.91. The second-order valence-corrected chi connectivity index (χ2v) is 6.41. The van der Waals surface area contributed by atoms with E-state index in [1.807, 2.05) is 19.2 Å². The molecule has 3 aromatic rings. The van der Waals surface area contributed by atoms with E-state index >= 15 is 0 Å². The standard InChI is InChI=1S/C16H21N5/c1-10-17-8-12(19-10)9-18-11-5-6-13-14(7-11)21-15(20-13)16(2,3)4/h5-8,18H,9H2,1-4H3,(H,17,19)(H,20,21). The highest BCUT2D eigenvalue weighted by molar-refractivity contribution is 5.79. The van der Waals surface area contributed by atoms with Gasteiger partial charge in [0.1, 0.15) is 11.6 Å². The van der Waals surface area contributed by atoms with Crippen molar-refractivity contribution in [1.29, 1.82) is 0 Å². The van der Waals surface area contributed by atoms with E-state index in [9.17, 15) is 0 Å². The van der Waals surface area contributed by atoms with Crippen molar-refractivity contribution in [2.24, 2.45) is 0 Å². The molecule has 1 aromatic carbocycles. The van der Waals surface area contributed by atoms with Crippen LogP contribution in [0.1, 0.15) is 38.1 Å². The molecule has 5 nitrogen and oxygen atoms in total. The Bertz CT molecular complexity index is 760. The summed E-state index contributed by atoms with van der Waals surface area (Å²) in [6.07, 6.45) is 1.86. The van der Waals surface area contributed by atoms with Gasteiger partial charge in [0.2, 0.25) is 0 Å². The molecule has 0 saturated heterocycles. The topological polar surface area (TPSA) is 69.4 Å². The lowest BCUT2D eigenvalue weighted by Crippen LogP contribution is -2.12. The summed E-state index contributed by atoms with van der Waals surface area (Å²) in [5, 5.41) is 3.40. The van der Waals surface area contributed by atoms with E-state index in [4.69, 9.17) is 0 Å². The number of imidazole rings is 2. The molecule has 2 aromatic heterocycles. The fourth-order valence-electron chi connectivity index (χ4n) is 2.23. The van der Waals surface area contributed by atoms with Gasteiger partial charge in [-0.25, -0.2) is 9.97 Å². The fourth-order valence-corrected chi connectivity index (χ4v) is 2.23. The zero-order chi connectivity index (χ0) is 15.0. The molecule has 2 heterocycles. The number of nitrogens with one attached hydrogen (secondary N) is 3. The lowest BCUT2D eigenvalue weighted by molar-refractivity contribution is 0.554. The normalized spacial score (nSPS) is 12.0. The van der Waals surface area contributed by atoms with Gasteiger partial charge in [-0.2, -0.15) is 0 Å². The summed E-state index contributed by atoms with van der Waals surface area (Å²) in [6, 6.07) is 6.20. The maximum Gasteiger partial charge on any atom is 0.112 e. The van der Waals surface area contributed by atoms with Gasteiger partial charge in [0.15, 0.2) is 0 Å². The first-order valence-corrected chi connectivity index (χ1v) is 7.16. The van der Waals surface area contributed by atoms with Crippen LogP contribution in [0.2, 0.25) is 0 Å². The number of fused-ring (bicyclic) bond motifs is 1. The second kappa shape index (κ2) is 4.91. The summed E-state index contributed by atoms with van der Waals surface area (Å²) in [6.45, 7) is 9.15. The Hall–Kier alpha value is -2.30. The Balaban J connectivity index is 1.80. The van der Waals surface area contributed by atoms with Crippen LogP contribution in [0.4, 0.5) is 5.69 Å². The second-order valence-electron chi connectivity index (χ2n) is 6.41. The van der Waals surface area contributed by atoms with E-state index in [2.05, 4.69) is 58.2 Å². The molecule has 3 N–H and O–H groups in total. The van der Waals surface area contributed by atoms with E-state index in [1.54, 1.807) is 0 Å². The highest BCUT2D eigenvalue weighted by Gasteiger charge is 2.18. The third-order valence-corrected chi connectivity index (χ3v) is 3.43. The Morgan fingerprint density at radius 3 is 2.67 bits per heavy atom. The maximum absolute atomic E-state index is 4.65. The smallest absolute Gasteiger partial charge is 0.112 e. The van der Waals surface area contributed by atoms with E-state index in [0.717, 1.165) is 40.6 Å². The fraction of sp³-hybridized carbons (Fsp3) is 0.375. The number of benzene rings is 1. The van der Waals surface area contributed by atoms with Crippen LogP contribution < -0.4 is 5.32 Å². The van der Waals surface area contributed by atoms with Crippen molar-refractivity contribution in [2.45, 2.75) is 39.7 Å². The molecule has 0 aliphatic heterocycles. The van der Waals surface area contributed by atoms with Gasteiger partial charge in [-0.3, -0.25) is 0 Å². The molecule has 0 spiro atoms. The van der Waals surface area contributed by atoms with Gasteiger partial charge in [0, 0.05) is 11.1 Å². The summed E-state index contributed by atoms with van der Waals surface area (Å²) in [4.78, 5) is 15.5. The molecular formula is C16H21N5. The van der Waals surface area contributed by atoms with Crippen LogP contribution in [0.15, 0.2) is 24.4 Å². The molecule has 0 amide bonds. The van der Waals surface area contributed by atoms with Crippen molar-refractivity contribution < 1.29 is 0 Å². The Kier molecular flexibility index (Phi) is 3.20. The predicted molar refractivity (Wildman–Crippen MR) is 85.4 cm³/mol. The molecule has 110 valence electrons. The molecule has 0 unspecified atom stereocenters. The van der Waals surface area contributed by atoms with Crippen LogP contribution in [0.25, 0.3) is 11.0 Å². The Morgan fingerprint density at radius 1 is 1.19 bits per heavy atom. The van der Waals surface area contributed by atoms with Crippen LogP contribution in [0, 0.1) is 6.92 Å². The number of aromatic amines is 2. The SMILES string of the molecule is Cc1ncc(CNc2ccc3nc(C(C)(C)C)[nH]c3c2)[nH]1. The zero-order valence-corrected chi connectivity index (χ0v) is 12.9. The molecule has 3 rings (SSSR count). The first-order chi connectivity index (χ1) is 9.91. The average molecular weight is 283 g/mol. The molecule has 21 heavy (non-hydrogen) atoms. The van der Waals surface area contributed by atoms with E-state index in [1.165, 1.54) is 0 Å². The molecule has 0 bridgehead atoms. The lowest BCUT2D eigenvalue weighted by Gasteiger charge is -2.13. The lowest BCUT2D eigenvalue weighted by atomic mass is 9.96. The minimum atomic E-state index is 0.0278. The number of hydrogen-bond acceptors (Lipinski definition) is 3. The molecule has 5 heteroatoms. The molecular weight excluding hydrogens is 262 g/mol. The zero-order valence-electron chi connectivity index (χ0n) is 12.9. The highest BCUT2D eigenvalue weighted by atomic mass is 15.0. The van der Waals surface area contributed by atoms with Crippen molar-refractivity contribution in [3.05, 3.63) is 41.7 Å². The predicted octanol–water partition coefficient (Wildman–Crippen LogP) is 3.50. The summed E-state index contributed by atoms with van der Waals surface area (Å²) in [5.41, 5.74) is 4.24. The van der Waals surface area contributed by atoms with Crippen molar-refractivity contribution in [2.75, 3.05) is 5.32 Å². The van der Waals surface area contributed by atoms with E-state index < -0.39 is 0 Å². The van der Waals surface area contributed by atoms with Crippen molar-refractivity contribution in [3.8, 4) is 0 Å². The van der Waals surface area contributed by atoms with Gasteiger partial charge in [0.25, 0.3) is 0 Å². The number of H-pyrrole nitrogens is 2. The van der Waals surface area contributed by atoms with Gasteiger partial charge in [-0.05, 0) is 25.1 Å². The maximum atomic E-state index is 4.65. The van der Waals surface area contributed by atoms with Gasteiger partial charge >= 0.3 is 0 Å². The number of hydrogen-bond donors (Lipinski definition) is 3. The number of nitrogens with zero attached hydrogens (tertiary/aromatic N) is 2. The highest BCUT2D eigenvalue weighted by Crippen LogP contribution is 2.24. The van der Waals surface area contributed by atoms with Crippen LogP contribution in [0.5, 0.6) is 0 Å². The Labute approximate surface area is 124 Å². The number of aryl methyl sites for hydroxylation is 1. The Morgan fingerprint density at radius 2 is 2.00 bits per heavy atom.